The number of fused-ring (bicyclic) bond motifs is 1. The fourth-order valence-electron chi connectivity index (χ4n) is 3.84. The first-order chi connectivity index (χ1) is 14.9. The second-order valence-electron chi connectivity index (χ2n) is 7.34. The predicted octanol–water partition coefficient (Wildman–Crippen LogP) is 2.90. The molecule has 4 rings (SSSR count). The van der Waals surface area contributed by atoms with E-state index in [-0.39, 0.29) is 16.5 Å². The second kappa shape index (κ2) is 8.78. The Hall–Kier alpha value is -2.75. The molecule has 0 atom stereocenters. The SMILES string of the molecule is COc1ccc(OC)c(S(=O)(=O)N2CCN(Cc3cc(F)cc4cccnc34)CC2)c1. The first-order valence-electron chi connectivity index (χ1n) is 9.90. The van der Waals surface area contributed by atoms with E-state index >= 15 is 0 Å². The van der Waals surface area contributed by atoms with Gasteiger partial charge in [0.1, 0.15) is 22.2 Å². The van der Waals surface area contributed by atoms with Crippen molar-refractivity contribution in [2.45, 2.75) is 11.4 Å². The summed E-state index contributed by atoms with van der Waals surface area (Å²) in [6.07, 6.45) is 1.69. The Kier molecular flexibility index (Phi) is 6.08. The van der Waals surface area contributed by atoms with Gasteiger partial charge in [0.25, 0.3) is 0 Å². The van der Waals surface area contributed by atoms with E-state index in [0.29, 0.717) is 38.5 Å². The van der Waals surface area contributed by atoms with Gasteiger partial charge in [0.05, 0.1) is 19.7 Å². The minimum atomic E-state index is -3.75. The molecule has 31 heavy (non-hydrogen) atoms. The minimum absolute atomic E-state index is 0.0862. The maximum Gasteiger partial charge on any atom is 0.246 e. The van der Waals surface area contributed by atoms with Gasteiger partial charge in [-0.1, -0.05) is 6.07 Å². The third-order valence-electron chi connectivity index (χ3n) is 5.46. The van der Waals surface area contributed by atoms with Crippen molar-refractivity contribution in [2.24, 2.45) is 0 Å². The minimum Gasteiger partial charge on any atom is -0.497 e. The summed E-state index contributed by atoms with van der Waals surface area (Å²) in [5, 5.41) is 0.754. The molecule has 1 fully saturated rings. The van der Waals surface area contributed by atoms with Crippen LogP contribution in [0.15, 0.2) is 53.6 Å². The van der Waals surface area contributed by atoms with Crippen molar-refractivity contribution >= 4 is 20.9 Å². The molecule has 2 aromatic carbocycles. The molecule has 1 aliphatic heterocycles. The number of piperazine rings is 1. The van der Waals surface area contributed by atoms with Crippen molar-refractivity contribution in [2.75, 3.05) is 40.4 Å². The number of rotatable bonds is 6. The van der Waals surface area contributed by atoms with Crippen LogP contribution in [0.5, 0.6) is 11.5 Å². The lowest BCUT2D eigenvalue weighted by Crippen LogP contribution is -2.48. The smallest absolute Gasteiger partial charge is 0.246 e. The maximum absolute atomic E-state index is 14.0. The molecule has 1 aliphatic rings. The molecule has 1 saturated heterocycles. The van der Waals surface area contributed by atoms with Crippen LogP contribution in [-0.4, -0.2) is 63.0 Å². The van der Waals surface area contributed by atoms with Gasteiger partial charge in [-0.15, -0.1) is 0 Å². The highest BCUT2D eigenvalue weighted by Crippen LogP contribution is 2.31. The average molecular weight is 446 g/mol. The number of benzene rings is 2. The zero-order valence-corrected chi connectivity index (χ0v) is 18.2. The highest BCUT2D eigenvalue weighted by molar-refractivity contribution is 7.89. The first-order valence-corrected chi connectivity index (χ1v) is 11.3. The van der Waals surface area contributed by atoms with Gasteiger partial charge in [0, 0.05) is 50.4 Å². The molecule has 9 heteroatoms. The highest BCUT2D eigenvalue weighted by Gasteiger charge is 2.31. The van der Waals surface area contributed by atoms with Crippen LogP contribution in [0.25, 0.3) is 10.9 Å². The second-order valence-corrected chi connectivity index (χ2v) is 9.24. The van der Waals surface area contributed by atoms with Crippen molar-refractivity contribution in [3.05, 3.63) is 60.0 Å². The van der Waals surface area contributed by atoms with E-state index in [9.17, 15) is 12.8 Å². The quantitative estimate of drug-likeness (QED) is 0.581. The van der Waals surface area contributed by atoms with Crippen LogP contribution in [0.2, 0.25) is 0 Å². The lowest BCUT2D eigenvalue weighted by Gasteiger charge is -2.34. The molecule has 2 heterocycles. The van der Waals surface area contributed by atoms with Gasteiger partial charge in [-0.3, -0.25) is 9.88 Å². The van der Waals surface area contributed by atoms with E-state index in [0.717, 1.165) is 16.5 Å². The lowest BCUT2D eigenvalue weighted by atomic mass is 10.1. The standard InChI is InChI=1S/C22H24FN3O4S/c1-29-19-5-6-20(30-2)21(14-19)31(27,28)26-10-8-25(9-11-26)15-17-13-18(23)12-16-4-3-7-24-22(16)17/h3-7,12-14H,8-11,15H2,1-2H3. The summed E-state index contributed by atoms with van der Waals surface area (Å²) in [4.78, 5) is 6.59. The number of halogens is 1. The van der Waals surface area contributed by atoms with E-state index in [1.165, 1.54) is 36.7 Å². The maximum atomic E-state index is 14.0. The van der Waals surface area contributed by atoms with E-state index in [4.69, 9.17) is 9.47 Å². The summed E-state index contributed by atoms with van der Waals surface area (Å²) < 4.78 is 52.4. The Morgan fingerprint density at radius 2 is 1.81 bits per heavy atom. The summed E-state index contributed by atoms with van der Waals surface area (Å²) in [5.41, 5.74) is 1.56. The number of methoxy groups -OCH3 is 2. The molecule has 0 bridgehead atoms. The molecular weight excluding hydrogens is 421 g/mol. The Labute approximate surface area is 181 Å². The number of nitrogens with zero attached hydrogens (tertiary/aromatic N) is 3. The number of ether oxygens (including phenoxy) is 2. The Bertz CT molecular complexity index is 1190. The average Bonchev–Trinajstić information content (AvgIpc) is 2.79. The predicted molar refractivity (Wildman–Crippen MR) is 115 cm³/mol. The molecule has 0 N–H and O–H groups in total. The fraction of sp³-hybridized carbons (Fsp3) is 0.318. The van der Waals surface area contributed by atoms with Gasteiger partial charge in [0.2, 0.25) is 10.0 Å². The van der Waals surface area contributed by atoms with Crippen molar-refractivity contribution in [1.82, 2.24) is 14.2 Å². The molecule has 164 valence electrons. The number of hydrogen-bond donors (Lipinski definition) is 0. The zero-order chi connectivity index (χ0) is 22.0. The van der Waals surface area contributed by atoms with E-state index in [1.807, 2.05) is 6.07 Å². The van der Waals surface area contributed by atoms with Crippen LogP contribution >= 0.6 is 0 Å². The zero-order valence-electron chi connectivity index (χ0n) is 17.4. The first kappa shape index (κ1) is 21.5. The molecule has 0 unspecified atom stereocenters. The molecule has 0 aliphatic carbocycles. The molecular formula is C22H24FN3O4S. The summed E-state index contributed by atoms with van der Waals surface area (Å²) in [7, 11) is -0.817. The van der Waals surface area contributed by atoms with Gasteiger partial charge in [-0.25, -0.2) is 12.8 Å². The summed E-state index contributed by atoms with van der Waals surface area (Å²) >= 11 is 0. The molecule has 3 aromatic rings. The summed E-state index contributed by atoms with van der Waals surface area (Å²) in [6, 6.07) is 11.3. The Balaban J connectivity index is 1.51. The van der Waals surface area contributed by atoms with Gasteiger partial charge < -0.3 is 9.47 Å². The molecule has 1 aromatic heterocycles. The van der Waals surface area contributed by atoms with Crippen LogP contribution in [0.3, 0.4) is 0 Å². The fourth-order valence-corrected chi connectivity index (χ4v) is 5.43. The molecule has 0 spiro atoms. The van der Waals surface area contributed by atoms with Crippen LogP contribution in [0.4, 0.5) is 4.39 Å². The normalized spacial score (nSPS) is 15.8. The van der Waals surface area contributed by atoms with Crippen LogP contribution < -0.4 is 9.47 Å². The van der Waals surface area contributed by atoms with Crippen LogP contribution in [0.1, 0.15) is 5.56 Å². The Morgan fingerprint density at radius 3 is 2.52 bits per heavy atom. The van der Waals surface area contributed by atoms with Gasteiger partial charge in [-0.05, 0) is 35.9 Å². The topological polar surface area (TPSA) is 72.0 Å². The van der Waals surface area contributed by atoms with Crippen molar-refractivity contribution in [3.63, 3.8) is 0 Å². The highest BCUT2D eigenvalue weighted by atomic mass is 32.2. The summed E-state index contributed by atoms with van der Waals surface area (Å²) in [6.45, 7) is 2.20. The Morgan fingerprint density at radius 1 is 1.03 bits per heavy atom. The van der Waals surface area contributed by atoms with Crippen LogP contribution in [0, 0.1) is 5.82 Å². The third kappa shape index (κ3) is 4.34. The lowest BCUT2D eigenvalue weighted by molar-refractivity contribution is 0.181. The largest absolute Gasteiger partial charge is 0.497 e. The molecule has 0 amide bonds. The number of sulfonamides is 1. The van der Waals surface area contributed by atoms with Gasteiger partial charge in [0.15, 0.2) is 0 Å². The number of aromatic nitrogens is 1. The third-order valence-corrected chi connectivity index (χ3v) is 7.38. The van der Waals surface area contributed by atoms with E-state index in [1.54, 1.807) is 24.4 Å². The number of pyridine rings is 1. The molecule has 7 nitrogen and oxygen atoms in total. The van der Waals surface area contributed by atoms with E-state index < -0.39 is 10.0 Å². The van der Waals surface area contributed by atoms with Crippen molar-refractivity contribution in [1.29, 1.82) is 0 Å². The molecule has 0 radical (unpaired) electrons. The number of hydrogen-bond acceptors (Lipinski definition) is 6. The van der Waals surface area contributed by atoms with Gasteiger partial charge in [-0.2, -0.15) is 4.31 Å². The van der Waals surface area contributed by atoms with Crippen molar-refractivity contribution in [3.8, 4) is 11.5 Å². The van der Waals surface area contributed by atoms with Crippen molar-refractivity contribution < 1.29 is 22.3 Å². The van der Waals surface area contributed by atoms with E-state index in [2.05, 4.69) is 9.88 Å². The summed E-state index contributed by atoms with van der Waals surface area (Å²) in [5.74, 6) is 0.422. The monoisotopic (exact) mass is 445 g/mol. The van der Waals surface area contributed by atoms with Gasteiger partial charge >= 0.3 is 0 Å². The molecule has 0 saturated carbocycles. The van der Waals surface area contributed by atoms with Crippen LogP contribution in [-0.2, 0) is 16.6 Å².